The number of hydrogen-bond acceptors (Lipinski definition) is 6. The van der Waals surface area contributed by atoms with Crippen LogP contribution in [-0.4, -0.2) is 116 Å². The van der Waals surface area contributed by atoms with Crippen LogP contribution in [0, 0.1) is 0 Å². The molecule has 9 heteroatoms. The molecule has 15 heavy (non-hydrogen) atoms. The molecule has 0 amide bonds. The van der Waals surface area contributed by atoms with E-state index in [1.165, 1.54) is 0 Å². The van der Waals surface area contributed by atoms with Gasteiger partial charge in [0.25, 0.3) is 0 Å². The molecule has 86 valence electrons. The van der Waals surface area contributed by atoms with Gasteiger partial charge in [0.15, 0.2) is 12.2 Å². The second kappa shape index (κ2) is 7.60. The molecule has 0 aliphatic rings. The molecule has 0 saturated carbocycles. The van der Waals surface area contributed by atoms with Gasteiger partial charge in [-0.2, -0.15) is 0 Å². The van der Waals surface area contributed by atoms with Crippen LogP contribution >= 0.6 is 0 Å². The summed E-state index contributed by atoms with van der Waals surface area (Å²) in [6.45, 7) is 0. The van der Waals surface area contributed by atoms with Gasteiger partial charge in [0.05, 0.1) is 0 Å². The molecule has 0 heterocycles. The molecule has 0 saturated heterocycles. The average molecular weight is 349 g/mol. The van der Waals surface area contributed by atoms with Crippen molar-refractivity contribution in [2.45, 2.75) is 24.4 Å². The van der Waals surface area contributed by atoms with E-state index < -0.39 is 36.4 Å². The van der Waals surface area contributed by atoms with Gasteiger partial charge in [-0.25, -0.2) is 9.59 Å². The van der Waals surface area contributed by atoms with Gasteiger partial charge in [0, 0.05) is 0 Å². The molecule has 0 aromatic carbocycles. The maximum absolute atomic E-state index is 10.1. The molecular formula is C6H12BaO8. The molecule has 0 fully saturated rings. The van der Waals surface area contributed by atoms with E-state index in [4.69, 9.17) is 30.6 Å². The van der Waals surface area contributed by atoms with Gasteiger partial charge in [-0.05, 0) is 0 Å². The van der Waals surface area contributed by atoms with E-state index in [9.17, 15) is 9.59 Å². The van der Waals surface area contributed by atoms with Gasteiger partial charge in [0.2, 0.25) is 0 Å². The van der Waals surface area contributed by atoms with Crippen LogP contribution in [0.15, 0.2) is 0 Å². The second-order valence-electron chi connectivity index (χ2n) is 2.55. The number of hydrogen-bond donors (Lipinski definition) is 6. The molecule has 0 aromatic rings. The fourth-order valence-corrected chi connectivity index (χ4v) is 0.666. The van der Waals surface area contributed by atoms with Crippen molar-refractivity contribution in [2.24, 2.45) is 0 Å². The Bertz CT molecular complexity index is 207. The molecule has 6 N–H and O–H groups in total. The third-order valence-electron chi connectivity index (χ3n) is 1.50. The molecular weight excluding hydrogens is 337 g/mol. The van der Waals surface area contributed by atoms with E-state index in [0.29, 0.717) is 0 Å². The first-order valence-electron chi connectivity index (χ1n) is 3.47. The first-order valence-corrected chi connectivity index (χ1v) is 3.47. The van der Waals surface area contributed by atoms with Crippen LogP contribution in [0.5, 0.6) is 0 Å². The van der Waals surface area contributed by atoms with Crippen molar-refractivity contribution in [3.05, 3.63) is 0 Å². The Morgan fingerprint density at radius 3 is 1.07 bits per heavy atom. The fourth-order valence-electron chi connectivity index (χ4n) is 0.666. The molecule has 0 rings (SSSR count). The van der Waals surface area contributed by atoms with E-state index in [1.807, 2.05) is 0 Å². The van der Waals surface area contributed by atoms with E-state index in [1.54, 1.807) is 0 Å². The summed E-state index contributed by atoms with van der Waals surface area (Å²) in [5.41, 5.74) is 0. The Kier molecular flexibility index (Phi) is 8.98. The summed E-state index contributed by atoms with van der Waals surface area (Å²) < 4.78 is 0. The molecule has 0 spiro atoms. The molecule has 0 aliphatic carbocycles. The van der Waals surface area contributed by atoms with Crippen molar-refractivity contribution in [2.75, 3.05) is 0 Å². The first-order chi connectivity index (χ1) is 6.29. The molecule has 4 unspecified atom stereocenters. The van der Waals surface area contributed by atoms with Gasteiger partial charge < -0.3 is 30.6 Å². The molecule has 4 atom stereocenters. The van der Waals surface area contributed by atoms with Gasteiger partial charge in [-0.1, -0.05) is 0 Å². The summed E-state index contributed by atoms with van der Waals surface area (Å²) in [4.78, 5) is 20.2. The van der Waals surface area contributed by atoms with Gasteiger partial charge in [-0.3, -0.25) is 0 Å². The van der Waals surface area contributed by atoms with Crippen molar-refractivity contribution in [1.82, 2.24) is 0 Å². The number of carboxylic acid groups (broad SMARTS) is 2. The zero-order valence-electron chi connectivity index (χ0n) is 6.81. The molecule has 0 bridgehead atoms. The van der Waals surface area contributed by atoms with E-state index in [-0.39, 0.29) is 48.9 Å². The van der Waals surface area contributed by atoms with Crippen LogP contribution in [0.3, 0.4) is 0 Å². The minimum absolute atomic E-state index is 0. The SMILES string of the molecule is O=C(O)C(O)C(O)C(O)C(O)C(=O)O.[BaH2]. The van der Waals surface area contributed by atoms with Crippen LogP contribution in [0.2, 0.25) is 0 Å². The van der Waals surface area contributed by atoms with E-state index in [0.717, 1.165) is 0 Å². The Balaban J connectivity index is 0. The Hall–Kier alpha value is 0.351. The zero-order valence-corrected chi connectivity index (χ0v) is 6.81. The maximum atomic E-state index is 10.1. The first kappa shape index (κ1) is 17.7. The Morgan fingerprint density at radius 2 is 0.933 bits per heavy atom. The van der Waals surface area contributed by atoms with Crippen molar-refractivity contribution >= 4 is 60.8 Å². The van der Waals surface area contributed by atoms with Crippen molar-refractivity contribution in [1.29, 1.82) is 0 Å². The fraction of sp³-hybridized carbons (Fsp3) is 0.667. The number of aliphatic hydroxyl groups is 4. The van der Waals surface area contributed by atoms with Crippen molar-refractivity contribution in [3.8, 4) is 0 Å². The standard InChI is InChI=1S/C6H10O8.Ba.2H/c7-1(3(9)5(11)12)2(8)4(10)6(13)14;;;/h1-4,7-10H,(H,11,12)(H,13,14);;;. The van der Waals surface area contributed by atoms with Crippen LogP contribution in [-0.2, 0) is 9.59 Å². The topological polar surface area (TPSA) is 156 Å². The third kappa shape index (κ3) is 5.29. The van der Waals surface area contributed by atoms with Crippen molar-refractivity contribution < 1.29 is 40.2 Å². The van der Waals surface area contributed by atoms with Crippen molar-refractivity contribution in [3.63, 3.8) is 0 Å². The predicted molar refractivity (Wildman–Crippen MR) is 47.8 cm³/mol. The van der Waals surface area contributed by atoms with Crippen LogP contribution in [0.25, 0.3) is 0 Å². The average Bonchev–Trinajstić information content (AvgIpc) is 2.12. The number of rotatable bonds is 5. The molecule has 0 aromatic heterocycles. The summed E-state index contributed by atoms with van der Waals surface area (Å²) in [7, 11) is 0. The van der Waals surface area contributed by atoms with E-state index >= 15 is 0 Å². The normalized spacial score (nSPS) is 18.1. The predicted octanol–water partition coefficient (Wildman–Crippen LogP) is -4.32. The number of aliphatic hydroxyl groups excluding tert-OH is 4. The number of carbonyl (C=O) groups is 2. The van der Waals surface area contributed by atoms with Crippen LogP contribution in [0.4, 0.5) is 0 Å². The monoisotopic (exact) mass is 350 g/mol. The van der Waals surface area contributed by atoms with Gasteiger partial charge >= 0.3 is 60.8 Å². The second-order valence-corrected chi connectivity index (χ2v) is 2.55. The molecule has 0 aliphatic heterocycles. The van der Waals surface area contributed by atoms with Gasteiger partial charge in [-0.15, -0.1) is 0 Å². The third-order valence-corrected chi connectivity index (χ3v) is 1.50. The molecule has 8 nitrogen and oxygen atoms in total. The number of aliphatic carboxylic acids is 2. The van der Waals surface area contributed by atoms with Gasteiger partial charge in [0.1, 0.15) is 12.2 Å². The molecule has 0 radical (unpaired) electrons. The Labute approximate surface area is 124 Å². The quantitative estimate of drug-likeness (QED) is 0.272. The minimum atomic E-state index is -2.36. The summed E-state index contributed by atoms with van der Waals surface area (Å²) in [6, 6.07) is 0. The Morgan fingerprint density at radius 1 is 0.733 bits per heavy atom. The van der Waals surface area contributed by atoms with Crippen LogP contribution in [0.1, 0.15) is 0 Å². The van der Waals surface area contributed by atoms with Crippen LogP contribution < -0.4 is 0 Å². The number of carboxylic acids is 2. The summed E-state index contributed by atoms with van der Waals surface area (Å²) in [5, 5.41) is 51.5. The zero-order chi connectivity index (χ0) is 11.5. The summed E-state index contributed by atoms with van der Waals surface area (Å²) >= 11 is 0. The summed E-state index contributed by atoms with van der Waals surface area (Å²) in [6.07, 6.45) is -9.28. The van der Waals surface area contributed by atoms with E-state index in [2.05, 4.69) is 0 Å². The summed E-state index contributed by atoms with van der Waals surface area (Å²) in [5.74, 6) is -3.68.